The summed E-state index contributed by atoms with van der Waals surface area (Å²) in [6.07, 6.45) is 0. The van der Waals surface area contributed by atoms with Gasteiger partial charge in [0.05, 0.1) is 0 Å². The molecule has 122 valence electrons. The maximum Gasteiger partial charge on any atom is 0.133 e. The molecule has 0 spiro atoms. The lowest BCUT2D eigenvalue weighted by Gasteiger charge is -2.18. The van der Waals surface area contributed by atoms with Crippen molar-refractivity contribution in [1.82, 2.24) is 0 Å². The fraction of sp³-hybridized carbons (Fsp3) is 0.143. The summed E-state index contributed by atoms with van der Waals surface area (Å²) in [7, 11) is 0. The van der Waals surface area contributed by atoms with Crippen LogP contribution < -0.4 is 5.73 Å². The van der Waals surface area contributed by atoms with Gasteiger partial charge in [0.2, 0.25) is 0 Å². The van der Waals surface area contributed by atoms with E-state index in [4.69, 9.17) is 17.3 Å². The third-order valence-corrected chi connectivity index (χ3v) is 4.64. The van der Waals surface area contributed by atoms with Gasteiger partial charge >= 0.3 is 0 Å². The van der Waals surface area contributed by atoms with Crippen molar-refractivity contribution in [1.29, 1.82) is 0 Å². The predicted molar refractivity (Wildman–Crippen MR) is 98.9 cm³/mol. The Bertz CT molecular complexity index is 846. The van der Waals surface area contributed by atoms with Crippen LogP contribution in [0.2, 0.25) is 5.02 Å². The number of nitrogens with two attached hydrogens (primary N) is 1. The Kier molecular flexibility index (Phi) is 4.98. The molecule has 24 heavy (non-hydrogen) atoms. The predicted octanol–water partition coefficient (Wildman–Crippen LogP) is 5.55. The van der Waals surface area contributed by atoms with Crippen LogP contribution in [-0.4, -0.2) is 6.54 Å². The van der Waals surface area contributed by atoms with E-state index in [1.165, 1.54) is 0 Å². The van der Waals surface area contributed by atoms with Crippen LogP contribution in [0, 0.1) is 12.7 Å². The number of hydrogen-bond donors (Lipinski definition) is 1. The minimum Gasteiger partial charge on any atom is -0.330 e. The first kappa shape index (κ1) is 16.7. The molecule has 1 unspecified atom stereocenters. The number of benzene rings is 3. The number of rotatable bonds is 4. The Morgan fingerprint density at radius 3 is 2.38 bits per heavy atom. The maximum atomic E-state index is 14.5. The molecule has 3 rings (SSSR count). The van der Waals surface area contributed by atoms with Crippen LogP contribution in [0.4, 0.5) is 4.39 Å². The minimum atomic E-state index is -0.236. The number of halogens is 2. The molecule has 0 saturated carbocycles. The summed E-state index contributed by atoms with van der Waals surface area (Å²) in [6.45, 7) is 2.23. The highest BCUT2D eigenvalue weighted by Crippen LogP contribution is 2.35. The molecule has 1 nitrogen and oxygen atoms in total. The average molecular weight is 340 g/mol. The Labute approximate surface area is 146 Å². The summed E-state index contributed by atoms with van der Waals surface area (Å²) in [5.41, 5.74) is 10.0. The van der Waals surface area contributed by atoms with Gasteiger partial charge in [0, 0.05) is 28.6 Å². The molecule has 0 amide bonds. The Hall–Kier alpha value is -2.16. The molecular formula is C21H19ClFN. The second kappa shape index (κ2) is 7.16. The van der Waals surface area contributed by atoms with Crippen LogP contribution in [0.15, 0.2) is 66.7 Å². The van der Waals surface area contributed by atoms with Gasteiger partial charge in [-0.25, -0.2) is 4.39 Å². The van der Waals surface area contributed by atoms with E-state index in [0.717, 1.165) is 11.1 Å². The summed E-state index contributed by atoms with van der Waals surface area (Å²) < 4.78 is 14.5. The van der Waals surface area contributed by atoms with Gasteiger partial charge in [0.25, 0.3) is 0 Å². The molecule has 0 fully saturated rings. The smallest absolute Gasteiger partial charge is 0.133 e. The van der Waals surface area contributed by atoms with E-state index in [1.807, 2.05) is 42.5 Å². The van der Waals surface area contributed by atoms with Gasteiger partial charge in [-0.2, -0.15) is 0 Å². The first-order valence-corrected chi connectivity index (χ1v) is 8.29. The van der Waals surface area contributed by atoms with Crippen LogP contribution in [-0.2, 0) is 0 Å². The van der Waals surface area contributed by atoms with Gasteiger partial charge in [-0.3, -0.25) is 0 Å². The SMILES string of the molecule is Cc1cccc(-c2cc(C(CN)c3ccccc3)ccc2Cl)c1F. The fourth-order valence-corrected chi connectivity index (χ4v) is 3.19. The monoisotopic (exact) mass is 339 g/mol. The summed E-state index contributed by atoms with van der Waals surface area (Å²) in [5.74, 6) is -0.185. The van der Waals surface area contributed by atoms with Gasteiger partial charge in [-0.15, -0.1) is 0 Å². The van der Waals surface area contributed by atoms with Crippen LogP contribution in [0.3, 0.4) is 0 Å². The van der Waals surface area contributed by atoms with Crippen molar-refractivity contribution in [3.63, 3.8) is 0 Å². The van der Waals surface area contributed by atoms with Gasteiger partial charge < -0.3 is 5.73 Å². The van der Waals surface area contributed by atoms with E-state index < -0.39 is 0 Å². The standard InChI is InChI=1S/C21H19ClFN/c1-14-6-5-9-17(21(14)23)18-12-16(10-11-20(18)22)19(13-24)15-7-3-2-4-8-15/h2-12,19H,13,24H2,1H3. The molecule has 2 N–H and O–H groups in total. The lowest BCUT2D eigenvalue weighted by atomic mass is 9.89. The summed E-state index contributed by atoms with van der Waals surface area (Å²) >= 11 is 6.35. The zero-order valence-corrected chi connectivity index (χ0v) is 14.2. The Balaban J connectivity index is 2.11. The van der Waals surface area contributed by atoms with E-state index in [0.29, 0.717) is 28.3 Å². The molecule has 1 atom stereocenters. The minimum absolute atomic E-state index is 0.0510. The first-order valence-electron chi connectivity index (χ1n) is 7.91. The zero-order valence-electron chi connectivity index (χ0n) is 13.5. The lowest BCUT2D eigenvalue weighted by Crippen LogP contribution is -2.13. The molecule has 3 aromatic rings. The molecule has 0 aliphatic carbocycles. The molecule has 0 saturated heterocycles. The largest absolute Gasteiger partial charge is 0.330 e. The Morgan fingerprint density at radius 2 is 1.67 bits per heavy atom. The van der Waals surface area contributed by atoms with Crippen LogP contribution in [0.5, 0.6) is 0 Å². The van der Waals surface area contributed by atoms with Crippen molar-refractivity contribution in [3.05, 3.63) is 94.3 Å². The van der Waals surface area contributed by atoms with Crippen molar-refractivity contribution in [2.45, 2.75) is 12.8 Å². The van der Waals surface area contributed by atoms with Crippen LogP contribution in [0.1, 0.15) is 22.6 Å². The first-order chi connectivity index (χ1) is 11.6. The van der Waals surface area contributed by atoms with Crippen molar-refractivity contribution in [2.24, 2.45) is 5.73 Å². The molecule has 0 bridgehead atoms. The summed E-state index contributed by atoms with van der Waals surface area (Å²) in [5, 5.41) is 0.534. The Morgan fingerprint density at radius 1 is 0.917 bits per heavy atom. The van der Waals surface area contributed by atoms with Crippen molar-refractivity contribution < 1.29 is 4.39 Å². The fourth-order valence-electron chi connectivity index (χ4n) is 2.97. The molecule has 3 heteroatoms. The highest BCUT2D eigenvalue weighted by atomic mass is 35.5. The maximum absolute atomic E-state index is 14.5. The van der Waals surface area contributed by atoms with Gasteiger partial charge in [0.15, 0.2) is 0 Å². The normalized spacial score (nSPS) is 12.2. The molecule has 0 aliphatic heterocycles. The average Bonchev–Trinajstić information content (AvgIpc) is 2.61. The van der Waals surface area contributed by atoms with E-state index in [-0.39, 0.29) is 11.7 Å². The van der Waals surface area contributed by atoms with Crippen LogP contribution >= 0.6 is 11.6 Å². The molecule has 3 aromatic carbocycles. The van der Waals surface area contributed by atoms with Crippen molar-refractivity contribution in [2.75, 3.05) is 6.54 Å². The quantitative estimate of drug-likeness (QED) is 0.663. The number of aryl methyl sites for hydroxylation is 1. The second-order valence-corrected chi connectivity index (χ2v) is 6.28. The molecule has 0 heterocycles. The third-order valence-electron chi connectivity index (χ3n) is 4.31. The van der Waals surface area contributed by atoms with E-state index >= 15 is 0 Å². The van der Waals surface area contributed by atoms with Gasteiger partial charge in [-0.05, 0) is 35.7 Å². The van der Waals surface area contributed by atoms with Crippen LogP contribution in [0.25, 0.3) is 11.1 Å². The molecule has 0 aromatic heterocycles. The van der Waals surface area contributed by atoms with Crippen molar-refractivity contribution in [3.8, 4) is 11.1 Å². The second-order valence-electron chi connectivity index (χ2n) is 5.87. The lowest BCUT2D eigenvalue weighted by molar-refractivity contribution is 0.622. The highest BCUT2D eigenvalue weighted by Gasteiger charge is 2.16. The molecular weight excluding hydrogens is 321 g/mol. The van der Waals surface area contributed by atoms with Gasteiger partial charge in [0.1, 0.15) is 5.82 Å². The van der Waals surface area contributed by atoms with Gasteiger partial charge in [-0.1, -0.05) is 66.2 Å². The number of hydrogen-bond acceptors (Lipinski definition) is 1. The third kappa shape index (κ3) is 3.21. The molecule has 0 radical (unpaired) electrons. The summed E-state index contributed by atoms with van der Waals surface area (Å²) in [6, 6.07) is 21.2. The topological polar surface area (TPSA) is 26.0 Å². The van der Waals surface area contributed by atoms with Crippen molar-refractivity contribution >= 4 is 11.6 Å². The zero-order chi connectivity index (χ0) is 17.1. The van der Waals surface area contributed by atoms with E-state index in [2.05, 4.69) is 12.1 Å². The highest BCUT2D eigenvalue weighted by molar-refractivity contribution is 6.33. The summed E-state index contributed by atoms with van der Waals surface area (Å²) in [4.78, 5) is 0. The van der Waals surface area contributed by atoms with E-state index in [9.17, 15) is 4.39 Å². The van der Waals surface area contributed by atoms with E-state index in [1.54, 1.807) is 19.1 Å². The molecule has 0 aliphatic rings.